The number of likely N-dealkylation sites (N-methyl/N-ethyl adjacent to an activating group) is 1. The molecule has 1 atom stereocenters. The maximum Gasteiger partial charge on any atom is 0.0328 e. The zero-order valence-electron chi connectivity index (χ0n) is 12.9. The van der Waals surface area contributed by atoms with Crippen LogP contribution < -0.4 is 5.73 Å². The molecule has 3 nitrogen and oxygen atoms in total. The molecular formula is C15H33N3. The Bertz CT molecular complexity index is 218. The molecule has 0 saturated carbocycles. The Labute approximate surface area is 114 Å². The Morgan fingerprint density at radius 2 is 1.83 bits per heavy atom. The molecule has 0 spiro atoms. The lowest BCUT2D eigenvalue weighted by Crippen LogP contribution is -2.57. The first-order valence-corrected chi connectivity index (χ1v) is 7.78. The zero-order chi connectivity index (χ0) is 13.6. The minimum Gasteiger partial charge on any atom is -0.329 e. The normalized spacial score (nSPS) is 22.3. The summed E-state index contributed by atoms with van der Waals surface area (Å²) in [6.07, 6.45) is 6.22. The second-order valence-corrected chi connectivity index (χ2v) is 5.81. The van der Waals surface area contributed by atoms with Crippen LogP contribution in [0.1, 0.15) is 52.9 Å². The summed E-state index contributed by atoms with van der Waals surface area (Å²) in [4.78, 5) is 5.17. The van der Waals surface area contributed by atoms with Crippen LogP contribution in [0.25, 0.3) is 0 Å². The fraction of sp³-hybridized carbons (Fsp3) is 1.00. The Hall–Kier alpha value is -0.120. The predicted molar refractivity (Wildman–Crippen MR) is 79.9 cm³/mol. The summed E-state index contributed by atoms with van der Waals surface area (Å²) in [6, 6.07) is 0.725. The van der Waals surface area contributed by atoms with Crippen molar-refractivity contribution in [3.05, 3.63) is 0 Å². The van der Waals surface area contributed by atoms with Crippen LogP contribution in [-0.2, 0) is 0 Å². The fourth-order valence-corrected chi connectivity index (χ4v) is 3.47. The Morgan fingerprint density at radius 3 is 2.22 bits per heavy atom. The van der Waals surface area contributed by atoms with Crippen LogP contribution in [0.3, 0.4) is 0 Å². The van der Waals surface area contributed by atoms with Crippen molar-refractivity contribution in [2.24, 2.45) is 5.73 Å². The first-order chi connectivity index (χ1) is 8.63. The number of nitrogens with zero attached hydrogens (tertiary/aromatic N) is 2. The lowest BCUT2D eigenvalue weighted by molar-refractivity contribution is 0.0307. The van der Waals surface area contributed by atoms with E-state index in [2.05, 4.69) is 37.6 Å². The molecule has 1 rings (SSSR count). The van der Waals surface area contributed by atoms with Gasteiger partial charge in [0.2, 0.25) is 0 Å². The van der Waals surface area contributed by atoms with Gasteiger partial charge < -0.3 is 10.6 Å². The highest BCUT2D eigenvalue weighted by Crippen LogP contribution is 2.29. The third kappa shape index (κ3) is 3.46. The monoisotopic (exact) mass is 255 g/mol. The molecule has 1 unspecified atom stereocenters. The first kappa shape index (κ1) is 15.9. The van der Waals surface area contributed by atoms with Gasteiger partial charge in [0.1, 0.15) is 0 Å². The molecule has 2 N–H and O–H groups in total. The van der Waals surface area contributed by atoms with Crippen LogP contribution in [0.2, 0.25) is 0 Å². The molecular weight excluding hydrogens is 222 g/mol. The summed E-state index contributed by atoms with van der Waals surface area (Å²) in [5.41, 5.74) is 6.34. The lowest BCUT2D eigenvalue weighted by Gasteiger charge is -2.47. The third-order valence-corrected chi connectivity index (χ3v) is 5.05. The van der Waals surface area contributed by atoms with Gasteiger partial charge in [-0.25, -0.2) is 0 Å². The van der Waals surface area contributed by atoms with Gasteiger partial charge in [0, 0.05) is 18.1 Å². The number of nitrogens with two attached hydrogens (primary N) is 1. The van der Waals surface area contributed by atoms with Crippen LogP contribution >= 0.6 is 0 Å². The molecule has 0 bridgehead atoms. The molecule has 0 amide bonds. The minimum absolute atomic E-state index is 0.230. The fourth-order valence-electron chi connectivity index (χ4n) is 3.47. The van der Waals surface area contributed by atoms with Gasteiger partial charge in [-0.3, -0.25) is 4.90 Å². The topological polar surface area (TPSA) is 32.5 Å². The van der Waals surface area contributed by atoms with Crippen molar-refractivity contribution >= 4 is 0 Å². The van der Waals surface area contributed by atoms with Crippen molar-refractivity contribution in [1.29, 1.82) is 0 Å². The highest BCUT2D eigenvalue weighted by molar-refractivity contribution is 4.93. The molecule has 1 saturated heterocycles. The molecule has 0 aromatic rings. The van der Waals surface area contributed by atoms with Gasteiger partial charge in [0.05, 0.1) is 0 Å². The quantitative estimate of drug-likeness (QED) is 0.758. The summed E-state index contributed by atoms with van der Waals surface area (Å²) in [5.74, 6) is 0. The largest absolute Gasteiger partial charge is 0.329 e. The van der Waals surface area contributed by atoms with E-state index in [0.717, 1.165) is 12.6 Å². The summed E-state index contributed by atoms with van der Waals surface area (Å²) >= 11 is 0. The van der Waals surface area contributed by atoms with Gasteiger partial charge in [0.15, 0.2) is 0 Å². The van der Waals surface area contributed by atoms with Crippen LogP contribution in [-0.4, -0.2) is 54.6 Å². The van der Waals surface area contributed by atoms with Crippen molar-refractivity contribution in [3.63, 3.8) is 0 Å². The molecule has 3 heteroatoms. The molecule has 1 aliphatic rings. The van der Waals surface area contributed by atoms with E-state index >= 15 is 0 Å². The summed E-state index contributed by atoms with van der Waals surface area (Å²) in [5, 5.41) is 0. The predicted octanol–water partition coefficient (Wildman–Crippen LogP) is 2.31. The second kappa shape index (κ2) is 7.46. The molecule has 1 fully saturated rings. The first-order valence-electron chi connectivity index (χ1n) is 7.78. The number of rotatable bonds is 7. The third-order valence-electron chi connectivity index (χ3n) is 5.05. The van der Waals surface area contributed by atoms with Gasteiger partial charge in [-0.05, 0) is 52.4 Å². The van der Waals surface area contributed by atoms with Crippen molar-refractivity contribution in [2.75, 3.05) is 33.2 Å². The van der Waals surface area contributed by atoms with E-state index in [-0.39, 0.29) is 5.54 Å². The summed E-state index contributed by atoms with van der Waals surface area (Å²) in [7, 11) is 2.30. The van der Waals surface area contributed by atoms with Gasteiger partial charge in [-0.1, -0.05) is 27.2 Å². The standard InChI is InChI=1S/C15H33N3/c1-5-10-15(6-2,13-16)17(4)14-8-11-18(7-3)12-9-14/h14H,5-13,16H2,1-4H3. The zero-order valence-corrected chi connectivity index (χ0v) is 12.9. The van der Waals surface area contributed by atoms with Gasteiger partial charge in [0.25, 0.3) is 0 Å². The minimum atomic E-state index is 0.230. The van der Waals surface area contributed by atoms with Gasteiger partial charge >= 0.3 is 0 Å². The molecule has 0 radical (unpaired) electrons. The van der Waals surface area contributed by atoms with E-state index in [0.29, 0.717) is 0 Å². The van der Waals surface area contributed by atoms with E-state index in [1.807, 2.05) is 0 Å². The molecule has 18 heavy (non-hydrogen) atoms. The lowest BCUT2D eigenvalue weighted by atomic mass is 9.86. The van der Waals surface area contributed by atoms with Crippen LogP contribution in [0.15, 0.2) is 0 Å². The van der Waals surface area contributed by atoms with Crippen LogP contribution in [0.4, 0.5) is 0 Å². The van der Waals surface area contributed by atoms with Crippen LogP contribution in [0.5, 0.6) is 0 Å². The van der Waals surface area contributed by atoms with E-state index in [1.54, 1.807) is 0 Å². The number of hydrogen-bond acceptors (Lipinski definition) is 3. The molecule has 1 aliphatic heterocycles. The average molecular weight is 255 g/mol. The average Bonchev–Trinajstić information content (AvgIpc) is 2.44. The van der Waals surface area contributed by atoms with Crippen molar-refractivity contribution in [2.45, 2.75) is 64.5 Å². The van der Waals surface area contributed by atoms with Crippen LogP contribution in [0, 0.1) is 0 Å². The number of likely N-dealkylation sites (tertiary alicyclic amines) is 1. The van der Waals surface area contributed by atoms with E-state index in [1.165, 1.54) is 51.7 Å². The summed E-state index contributed by atoms with van der Waals surface area (Å²) in [6.45, 7) is 11.3. The Morgan fingerprint density at radius 1 is 1.22 bits per heavy atom. The van der Waals surface area contributed by atoms with E-state index < -0.39 is 0 Å². The van der Waals surface area contributed by atoms with Gasteiger partial charge in [-0.2, -0.15) is 0 Å². The number of hydrogen-bond donors (Lipinski definition) is 1. The van der Waals surface area contributed by atoms with Crippen molar-refractivity contribution in [1.82, 2.24) is 9.80 Å². The Balaban J connectivity index is 2.63. The molecule has 1 heterocycles. The Kier molecular flexibility index (Phi) is 6.61. The van der Waals surface area contributed by atoms with Crippen molar-refractivity contribution in [3.8, 4) is 0 Å². The molecule has 0 aromatic carbocycles. The SMILES string of the molecule is CCCC(CC)(CN)N(C)C1CCN(CC)CC1. The second-order valence-electron chi connectivity index (χ2n) is 5.81. The maximum absolute atomic E-state index is 6.11. The van der Waals surface area contributed by atoms with E-state index in [9.17, 15) is 0 Å². The highest BCUT2D eigenvalue weighted by atomic mass is 15.2. The molecule has 0 aliphatic carbocycles. The number of piperidine rings is 1. The van der Waals surface area contributed by atoms with Crippen molar-refractivity contribution < 1.29 is 0 Å². The summed E-state index contributed by atoms with van der Waals surface area (Å²) < 4.78 is 0. The van der Waals surface area contributed by atoms with E-state index in [4.69, 9.17) is 5.73 Å². The molecule has 108 valence electrons. The van der Waals surface area contributed by atoms with Gasteiger partial charge in [-0.15, -0.1) is 0 Å². The highest BCUT2D eigenvalue weighted by Gasteiger charge is 2.35. The smallest absolute Gasteiger partial charge is 0.0328 e. The molecule has 0 aromatic heterocycles. The maximum atomic E-state index is 6.11.